The highest BCUT2D eigenvalue weighted by Crippen LogP contribution is 2.21. The third kappa shape index (κ3) is 8.39. The molecule has 1 rings (SSSR count). The van der Waals surface area contributed by atoms with Crippen LogP contribution in [-0.2, 0) is 0 Å². The maximum atomic E-state index is 12.1. The zero-order valence-electron chi connectivity index (χ0n) is 12.5. The van der Waals surface area contributed by atoms with Crippen LogP contribution in [0, 0.1) is 0 Å². The van der Waals surface area contributed by atoms with Crippen molar-refractivity contribution in [3.8, 4) is 5.75 Å². The number of urea groups is 1. The van der Waals surface area contributed by atoms with Gasteiger partial charge in [0.15, 0.2) is 6.61 Å². The van der Waals surface area contributed by atoms with E-state index in [0.717, 1.165) is 25.7 Å². The van der Waals surface area contributed by atoms with Gasteiger partial charge in [-0.3, -0.25) is 0 Å². The van der Waals surface area contributed by atoms with Crippen LogP contribution in [0.3, 0.4) is 0 Å². The zero-order valence-corrected chi connectivity index (χ0v) is 12.5. The molecule has 0 aliphatic rings. The molecule has 0 aliphatic heterocycles. The van der Waals surface area contributed by atoms with E-state index >= 15 is 0 Å². The van der Waals surface area contributed by atoms with E-state index in [9.17, 15) is 18.0 Å². The lowest BCUT2D eigenvalue weighted by Crippen LogP contribution is -2.29. The number of alkyl halides is 3. The van der Waals surface area contributed by atoms with E-state index in [1.807, 2.05) is 0 Å². The van der Waals surface area contributed by atoms with Gasteiger partial charge in [0.25, 0.3) is 0 Å². The third-order valence-electron chi connectivity index (χ3n) is 2.81. The van der Waals surface area contributed by atoms with Gasteiger partial charge in [-0.25, -0.2) is 4.79 Å². The van der Waals surface area contributed by atoms with Gasteiger partial charge in [0.1, 0.15) is 5.75 Å². The first-order valence-corrected chi connectivity index (χ1v) is 7.25. The van der Waals surface area contributed by atoms with Crippen molar-refractivity contribution in [1.29, 1.82) is 0 Å². The highest BCUT2D eigenvalue weighted by Gasteiger charge is 2.28. The van der Waals surface area contributed by atoms with Crippen LogP contribution in [0.5, 0.6) is 5.75 Å². The Balaban J connectivity index is 2.37. The summed E-state index contributed by atoms with van der Waals surface area (Å²) in [6.45, 7) is 1.31. The minimum Gasteiger partial charge on any atom is -0.484 e. The quantitative estimate of drug-likeness (QED) is 0.701. The number of hydrogen-bond acceptors (Lipinski definition) is 2. The van der Waals surface area contributed by atoms with Gasteiger partial charge in [0.2, 0.25) is 0 Å². The SMILES string of the molecule is CCCCCCNC(=O)Nc1cccc(OCC(F)(F)F)c1. The number of carbonyl (C=O) groups excluding carboxylic acids is 1. The molecular weight excluding hydrogens is 297 g/mol. The van der Waals surface area contributed by atoms with Crippen LogP contribution < -0.4 is 15.4 Å². The summed E-state index contributed by atoms with van der Waals surface area (Å²) in [5.74, 6) is 0.0538. The van der Waals surface area contributed by atoms with E-state index in [4.69, 9.17) is 0 Å². The average Bonchev–Trinajstić information content (AvgIpc) is 2.44. The normalized spacial score (nSPS) is 11.1. The molecule has 0 fully saturated rings. The standard InChI is InChI=1S/C15H21F3N2O2/c1-2-3-4-5-9-19-14(21)20-12-7-6-8-13(10-12)22-11-15(16,17)18/h6-8,10H,2-5,9,11H2,1H3,(H2,19,20,21). The molecule has 0 saturated heterocycles. The van der Waals surface area contributed by atoms with E-state index in [1.165, 1.54) is 18.2 Å². The number of nitrogens with one attached hydrogen (secondary N) is 2. The lowest BCUT2D eigenvalue weighted by molar-refractivity contribution is -0.153. The largest absolute Gasteiger partial charge is 0.484 e. The summed E-state index contributed by atoms with van der Waals surface area (Å²) in [6, 6.07) is 5.46. The Morgan fingerprint density at radius 1 is 1.23 bits per heavy atom. The second-order valence-corrected chi connectivity index (χ2v) is 4.87. The molecule has 0 spiro atoms. The Bertz CT molecular complexity index is 464. The molecule has 1 aromatic rings. The summed E-state index contributed by atoms with van der Waals surface area (Å²) < 4.78 is 40.8. The van der Waals surface area contributed by atoms with Gasteiger partial charge >= 0.3 is 12.2 Å². The fourth-order valence-electron chi connectivity index (χ4n) is 1.76. The molecule has 0 saturated carbocycles. The van der Waals surface area contributed by atoms with Gasteiger partial charge in [0.05, 0.1) is 0 Å². The number of carbonyl (C=O) groups is 1. The Hall–Kier alpha value is -1.92. The molecule has 2 amide bonds. The van der Waals surface area contributed by atoms with E-state index in [0.29, 0.717) is 12.2 Å². The fourth-order valence-corrected chi connectivity index (χ4v) is 1.76. The highest BCUT2D eigenvalue weighted by atomic mass is 19.4. The maximum absolute atomic E-state index is 12.1. The van der Waals surface area contributed by atoms with Crippen LogP contribution in [0.4, 0.5) is 23.7 Å². The number of anilines is 1. The van der Waals surface area contributed by atoms with Crippen molar-refractivity contribution in [3.63, 3.8) is 0 Å². The summed E-state index contributed by atoms with van der Waals surface area (Å²) in [7, 11) is 0. The van der Waals surface area contributed by atoms with Crippen molar-refractivity contribution in [2.45, 2.75) is 38.8 Å². The molecule has 0 unspecified atom stereocenters. The molecule has 22 heavy (non-hydrogen) atoms. The van der Waals surface area contributed by atoms with Gasteiger partial charge in [-0.1, -0.05) is 32.3 Å². The molecule has 4 nitrogen and oxygen atoms in total. The molecule has 0 heterocycles. The summed E-state index contributed by atoms with van der Waals surface area (Å²) in [5.41, 5.74) is 0.380. The third-order valence-corrected chi connectivity index (χ3v) is 2.81. The van der Waals surface area contributed by atoms with Crippen molar-refractivity contribution in [1.82, 2.24) is 5.32 Å². The average molecular weight is 318 g/mol. The summed E-state index contributed by atoms with van der Waals surface area (Å²) in [4.78, 5) is 11.6. The highest BCUT2D eigenvalue weighted by molar-refractivity contribution is 5.89. The monoisotopic (exact) mass is 318 g/mol. The molecule has 0 bridgehead atoms. The van der Waals surface area contributed by atoms with Gasteiger partial charge in [0, 0.05) is 18.3 Å². The molecule has 0 aliphatic carbocycles. The van der Waals surface area contributed by atoms with Gasteiger partial charge in [-0.2, -0.15) is 13.2 Å². The zero-order chi connectivity index (χ0) is 16.4. The number of hydrogen-bond donors (Lipinski definition) is 2. The number of unbranched alkanes of at least 4 members (excludes halogenated alkanes) is 3. The molecule has 124 valence electrons. The summed E-state index contributed by atoms with van der Waals surface area (Å²) in [5, 5.41) is 5.25. The first kappa shape index (κ1) is 18.1. The van der Waals surface area contributed by atoms with Crippen molar-refractivity contribution >= 4 is 11.7 Å². The first-order chi connectivity index (χ1) is 10.4. The molecule has 2 N–H and O–H groups in total. The topological polar surface area (TPSA) is 50.4 Å². The Morgan fingerprint density at radius 2 is 2.00 bits per heavy atom. The number of benzene rings is 1. The Morgan fingerprint density at radius 3 is 2.68 bits per heavy atom. The number of amides is 2. The summed E-state index contributed by atoms with van der Waals surface area (Å²) >= 11 is 0. The smallest absolute Gasteiger partial charge is 0.422 e. The molecule has 0 aromatic heterocycles. The Labute approximate surface area is 128 Å². The lowest BCUT2D eigenvalue weighted by atomic mass is 10.2. The first-order valence-electron chi connectivity index (χ1n) is 7.25. The van der Waals surface area contributed by atoms with E-state index in [2.05, 4.69) is 22.3 Å². The molecule has 0 atom stereocenters. The van der Waals surface area contributed by atoms with Crippen molar-refractivity contribution in [2.75, 3.05) is 18.5 Å². The predicted molar refractivity (Wildman–Crippen MR) is 79.2 cm³/mol. The van der Waals surface area contributed by atoms with Gasteiger partial charge < -0.3 is 15.4 Å². The molecule has 0 radical (unpaired) electrons. The maximum Gasteiger partial charge on any atom is 0.422 e. The van der Waals surface area contributed by atoms with Gasteiger partial charge in [-0.15, -0.1) is 0 Å². The number of ether oxygens (including phenoxy) is 1. The van der Waals surface area contributed by atoms with Crippen molar-refractivity contribution < 1.29 is 22.7 Å². The van der Waals surface area contributed by atoms with E-state index in [-0.39, 0.29) is 11.8 Å². The molecule has 7 heteroatoms. The number of rotatable bonds is 8. The van der Waals surface area contributed by atoms with E-state index in [1.54, 1.807) is 6.07 Å². The number of halogens is 3. The van der Waals surface area contributed by atoms with Crippen LogP contribution in [-0.4, -0.2) is 25.4 Å². The molecular formula is C15H21F3N2O2. The van der Waals surface area contributed by atoms with Crippen LogP contribution in [0.25, 0.3) is 0 Å². The van der Waals surface area contributed by atoms with Crippen LogP contribution in [0.2, 0.25) is 0 Å². The second-order valence-electron chi connectivity index (χ2n) is 4.87. The van der Waals surface area contributed by atoms with E-state index < -0.39 is 12.8 Å². The minimum atomic E-state index is -4.39. The Kier molecular flexibility index (Phi) is 7.56. The lowest BCUT2D eigenvalue weighted by Gasteiger charge is -2.11. The van der Waals surface area contributed by atoms with Gasteiger partial charge in [-0.05, 0) is 18.6 Å². The van der Waals surface area contributed by atoms with Crippen LogP contribution >= 0.6 is 0 Å². The minimum absolute atomic E-state index is 0.0538. The molecule has 1 aromatic carbocycles. The van der Waals surface area contributed by atoms with Crippen LogP contribution in [0.1, 0.15) is 32.6 Å². The fraction of sp³-hybridized carbons (Fsp3) is 0.533. The predicted octanol–water partition coefficient (Wildman–Crippen LogP) is 4.33. The van der Waals surface area contributed by atoms with Crippen LogP contribution in [0.15, 0.2) is 24.3 Å². The summed E-state index contributed by atoms with van der Waals surface area (Å²) in [6.07, 6.45) is -0.189. The van der Waals surface area contributed by atoms with Crippen molar-refractivity contribution in [2.24, 2.45) is 0 Å². The second kappa shape index (κ2) is 9.17. The van der Waals surface area contributed by atoms with Crippen molar-refractivity contribution in [3.05, 3.63) is 24.3 Å².